The number of aliphatic hydroxyl groups excluding tert-OH is 1. The lowest BCUT2D eigenvalue weighted by Gasteiger charge is -2.11. The number of aliphatic hydroxyl groups is 1. The first kappa shape index (κ1) is 12.2. The van der Waals surface area contributed by atoms with E-state index in [1.807, 2.05) is 14.0 Å². The second-order valence-electron chi connectivity index (χ2n) is 3.52. The van der Waals surface area contributed by atoms with Crippen molar-refractivity contribution < 1.29 is 9.84 Å². The fourth-order valence-corrected chi connectivity index (χ4v) is 1.37. The molecule has 1 heterocycles. The van der Waals surface area contributed by atoms with E-state index in [-0.39, 0.29) is 0 Å². The summed E-state index contributed by atoms with van der Waals surface area (Å²) in [6, 6.07) is 0. The van der Waals surface area contributed by atoms with E-state index in [2.05, 4.69) is 10.4 Å². The van der Waals surface area contributed by atoms with Crippen LogP contribution in [0.25, 0.3) is 0 Å². The molecule has 1 aromatic rings. The number of nitrogens with zero attached hydrogens (tertiary/aromatic N) is 2. The first-order valence-electron chi connectivity index (χ1n) is 5.03. The summed E-state index contributed by atoms with van der Waals surface area (Å²) < 4.78 is 6.65. The van der Waals surface area contributed by atoms with Gasteiger partial charge in [-0.1, -0.05) is 0 Å². The van der Waals surface area contributed by atoms with Gasteiger partial charge in [-0.3, -0.25) is 4.68 Å². The summed E-state index contributed by atoms with van der Waals surface area (Å²) in [6.07, 6.45) is 1.20. The monoisotopic (exact) mass is 213 g/mol. The van der Waals surface area contributed by atoms with Crippen LogP contribution < -0.4 is 5.32 Å². The minimum absolute atomic E-state index is 0.504. The van der Waals surface area contributed by atoms with Crippen molar-refractivity contribution in [3.05, 3.63) is 17.5 Å². The normalized spacial score (nSPS) is 13.1. The molecule has 1 rings (SSSR count). The minimum atomic E-state index is -0.504. The topological polar surface area (TPSA) is 59.3 Å². The number of hydrogen-bond donors (Lipinski definition) is 2. The van der Waals surface area contributed by atoms with Crippen LogP contribution in [0, 0.1) is 6.92 Å². The van der Waals surface area contributed by atoms with Gasteiger partial charge in [0.25, 0.3) is 0 Å². The highest BCUT2D eigenvalue weighted by atomic mass is 16.5. The Hall–Kier alpha value is -0.910. The van der Waals surface area contributed by atoms with Crippen LogP contribution in [0.1, 0.15) is 17.4 Å². The maximum absolute atomic E-state index is 9.86. The Labute approximate surface area is 90.1 Å². The summed E-state index contributed by atoms with van der Waals surface area (Å²) in [5.74, 6) is 0. The van der Waals surface area contributed by atoms with Gasteiger partial charge in [-0.25, -0.2) is 0 Å². The molecule has 5 nitrogen and oxygen atoms in total. The van der Waals surface area contributed by atoms with Crippen molar-refractivity contribution in [3.8, 4) is 0 Å². The summed E-state index contributed by atoms with van der Waals surface area (Å²) in [7, 11) is 3.52. The second kappa shape index (κ2) is 5.85. The largest absolute Gasteiger partial charge is 0.387 e. The van der Waals surface area contributed by atoms with Gasteiger partial charge in [0, 0.05) is 38.5 Å². The zero-order valence-electron chi connectivity index (χ0n) is 9.53. The third kappa shape index (κ3) is 3.30. The molecule has 0 aliphatic carbocycles. The van der Waals surface area contributed by atoms with Gasteiger partial charge >= 0.3 is 0 Å². The molecule has 1 atom stereocenters. The van der Waals surface area contributed by atoms with Gasteiger partial charge in [0.05, 0.1) is 18.9 Å². The third-order valence-corrected chi connectivity index (χ3v) is 2.45. The lowest BCUT2D eigenvalue weighted by molar-refractivity contribution is 0.161. The number of methoxy groups -OCH3 is 1. The molecule has 0 amide bonds. The van der Waals surface area contributed by atoms with Crippen LogP contribution in [0.4, 0.5) is 0 Å². The van der Waals surface area contributed by atoms with Crippen molar-refractivity contribution in [2.45, 2.75) is 13.0 Å². The number of aryl methyl sites for hydroxylation is 1. The second-order valence-corrected chi connectivity index (χ2v) is 3.52. The summed E-state index contributed by atoms with van der Waals surface area (Å²) in [5, 5.41) is 17.1. The minimum Gasteiger partial charge on any atom is -0.387 e. The molecule has 86 valence electrons. The fraction of sp³-hybridized carbons (Fsp3) is 0.700. The predicted octanol–water partition coefficient (Wildman–Crippen LogP) is -0.00208. The predicted molar refractivity (Wildman–Crippen MR) is 57.7 cm³/mol. The Morgan fingerprint density at radius 2 is 2.40 bits per heavy atom. The van der Waals surface area contributed by atoms with E-state index in [4.69, 9.17) is 4.74 Å². The molecule has 0 fully saturated rings. The van der Waals surface area contributed by atoms with Gasteiger partial charge < -0.3 is 15.2 Å². The Bertz CT molecular complexity index is 299. The zero-order chi connectivity index (χ0) is 11.3. The highest BCUT2D eigenvalue weighted by Gasteiger charge is 2.12. The highest BCUT2D eigenvalue weighted by Crippen LogP contribution is 2.15. The molecule has 0 aliphatic heterocycles. The molecule has 0 bridgehead atoms. The summed E-state index contributed by atoms with van der Waals surface area (Å²) in [5.41, 5.74) is 1.87. The van der Waals surface area contributed by atoms with Gasteiger partial charge in [0.1, 0.15) is 0 Å². The first-order valence-corrected chi connectivity index (χ1v) is 5.03. The van der Waals surface area contributed by atoms with E-state index < -0.39 is 6.10 Å². The average Bonchev–Trinajstić information content (AvgIpc) is 2.55. The highest BCUT2D eigenvalue weighted by molar-refractivity contribution is 5.18. The first-order chi connectivity index (χ1) is 7.16. The van der Waals surface area contributed by atoms with Crippen LogP contribution >= 0.6 is 0 Å². The van der Waals surface area contributed by atoms with Crippen LogP contribution in [0.5, 0.6) is 0 Å². The number of ether oxygens (including phenoxy) is 1. The molecule has 1 unspecified atom stereocenters. The number of nitrogens with one attached hydrogen (secondary N) is 1. The smallest absolute Gasteiger partial charge is 0.0947 e. The van der Waals surface area contributed by atoms with Crippen LogP contribution in [0.3, 0.4) is 0 Å². The molecule has 2 N–H and O–H groups in total. The van der Waals surface area contributed by atoms with Crippen LogP contribution in [0.15, 0.2) is 6.20 Å². The van der Waals surface area contributed by atoms with Crippen LogP contribution in [-0.2, 0) is 11.8 Å². The Kier molecular flexibility index (Phi) is 4.74. The van der Waals surface area contributed by atoms with Crippen molar-refractivity contribution in [3.63, 3.8) is 0 Å². The average molecular weight is 213 g/mol. The van der Waals surface area contributed by atoms with E-state index in [0.717, 1.165) is 17.8 Å². The third-order valence-electron chi connectivity index (χ3n) is 2.45. The SMILES string of the molecule is COCCNCC(O)c1cnn(C)c1C. The Morgan fingerprint density at radius 1 is 1.67 bits per heavy atom. The summed E-state index contributed by atoms with van der Waals surface area (Å²) in [4.78, 5) is 0. The Morgan fingerprint density at radius 3 is 2.93 bits per heavy atom. The van der Waals surface area contributed by atoms with E-state index >= 15 is 0 Å². The van der Waals surface area contributed by atoms with E-state index in [9.17, 15) is 5.11 Å². The molecule has 15 heavy (non-hydrogen) atoms. The molecule has 0 aliphatic rings. The van der Waals surface area contributed by atoms with Crippen molar-refractivity contribution in [1.82, 2.24) is 15.1 Å². The van der Waals surface area contributed by atoms with E-state index in [1.54, 1.807) is 18.0 Å². The van der Waals surface area contributed by atoms with Gasteiger partial charge in [-0.15, -0.1) is 0 Å². The van der Waals surface area contributed by atoms with Gasteiger partial charge in [-0.2, -0.15) is 5.10 Å². The van der Waals surface area contributed by atoms with Gasteiger partial charge in [-0.05, 0) is 6.92 Å². The summed E-state index contributed by atoms with van der Waals surface area (Å²) in [6.45, 7) is 3.86. The molecule has 5 heteroatoms. The summed E-state index contributed by atoms with van der Waals surface area (Å²) >= 11 is 0. The lowest BCUT2D eigenvalue weighted by Crippen LogP contribution is -2.25. The van der Waals surface area contributed by atoms with Crippen LogP contribution in [-0.4, -0.2) is 41.7 Å². The van der Waals surface area contributed by atoms with Gasteiger partial charge in [0.15, 0.2) is 0 Å². The van der Waals surface area contributed by atoms with Crippen molar-refractivity contribution >= 4 is 0 Å². The number of rotatable bonds is 6. The molecule has 0 spiro atoms. The maximum Gasteiger partial charge on any atom is 0.0947 e. The van der Waals surface area contributed by atoms with E-state index in [1.165, 1.54) is 0 Å². The van der Waals surface area contributed by atoms with Crippen LogP contribution in [0.2, 0.25) is 0 Å². The molecule has 0 aromatic carbocycles. The molecule has 1 aromatic heterocycles. The standard InChI is InChI=1S/C10H19N3O2/c1-8-9(6-12-13(8)2)10(14)7-11-4-5-15-3/h6,10-11,14H,4-5,7H2,1-3H3. The number of aromatic nitrogens is 2. The van der Waals surface area contributed by atoms with E-state index in [0.29, 0.717) is 13.2 Å². The molecular formula is C10H19N3O2. The fourth-order valence-electron chi connectivity index (χ4n) is 1.37. The lowest BCUT2D eigenvalue weighted by atomic mass is 10.1. The van der Waals surface area contributed by atoms with Crippen molar-refractivity contribution in [1.29, 1.82) is 0 Å². The molecular weight excluding hydrogens is 194 g/mol. The Balaban J connectivity index is 2.40. The molecule has 0 radical (unpaired) electrons. The maximum atomic E-state index is 9.86. The van der Waals surface area contributed by atoms with Crippen molar-refractivity contribution in [2.75, 3.05) is 26.8 Å². The van der Waals surface area contributed by atoms with Gasteiger partial charge in [0.2, 0.25) is 0 Å². The molecule has 0 saturated heterocycles. The quantitative estimate of drug-likeness (QED) is 0.653. The zero-order valence-corrected chi connectivity index (χ0v) is 9.53. The number of hydrogen-bond acceptors (Lipinski definition) is 4. The van der Waals surface area contributed by atoms with Crippen molar-refractivity contribution in [2.24, 2.45) is 7.05 Å². The molecule has 0 saturated carbocycles.